The standard InChI is InChI=1S/C14H30N2O2/c1-6-8-15(9-7-2)14(18)11-16(12(3)4)10-13(5)17/h12-13,17H,6-11H2,1-5H3. The molecule has 0 heterocycles. The van der Waals surface area contributed by atoms with Crippen LogP contribution >= 0.6 is 0 Å². The third-order valence-electron chi connectivity index (χ3n) is 2.91. The van der Waals surface area contributed by atoms with E-state index in [1.54, 1.807) is 6.92 Å². The molecule has 0 spiro atoms. The van der Waals surface area contributed by atoms with Crippen LogP contribution in [0.15, 0.2) is 0 Å². The van der Waals surface area contributed by atoms with Crippen molar-refractivity contribution in [2.75, 3.05) is 26.2 Å². The van der Waals surface area contributed by atoms with E-state index < -0.39 is 6.10 Å². The molecule has 0 aromatic rings. The summed E-state index contributed by atoms with van der Waals surface area (Å²) in [4.78, 5) is 16.2. The van der Waals surface area contributed by atoms with Crippen LogP contribution < -0.4 is 0 Å². The molecule has 0 aliphatic heterocycles. The van der Waals surface area contributed by atoms with Gasteiger partial charge in [-0.2, -0.15) is 0 Å². The number of amides is 1. The summed E-state index contributed by atoms with van der Waals surface area (Å²) in [5.41, 5.74) is 0. The normalized spacial score (nSPS) is 13.1. The van der Waals surface area contributed by atoms with Gasteiger partial charge in [0.1, 0.15) is 0 Å². The Morgan fingerprint density at radius 2 is 1.61 bits per heavy atom. The summed E-state index contributed by atoms with van der Waals surface area (Å²) in [5.74, 6) is 0.174. The van der Waals surface area contributed by atoms with Gasteiger partial charge in [-0.15, -0.1) is 0 Å². The minimum atomic E-state index is -0.397. The monoisotopic (exact) mass is 258 g/mol. The van der Waals surface area contributed by atoms with Crippen LogP contribution in [0.5, 0.6) is 0 Å². The highest BCUT2D eigenvalue weighted by Crippen LogP contribution is 2.03. The Morgan fingerprint density at radius 3 is 1.94 bits per heavy atom. The first-order valence-electron chi connectivity index (χ1n) is 7.12. The maximum absolute atomic E-state index is 12.2. The number of carbonyl (C=O) groups is 1. The quantitative estimate of drug-likeness (QED) is 0.685. The van der Waals surface area contributed by atoms with Crippen LogP contribution in [0.2, 0.25) is 0 Å². The van der Waals surface area contributed by atoms with Gasteiger partial charge in [0.05, 0.1) is 12.6 Å². The van der Waals surface area contributed by atoms with Crippen molar-refractivity contribution in [2.24, 2.45) is 0 Å². The van der Waals surface area contributed by atoms with Gasteiger partial charge in [0, 0.05) is 25.7 Å². The van der Waals surface area contributed by atoms with Crippen molar-refractivity contribution in [3.05, 3.63) is 0 Å². The zero-order chi connectivity index (χ0) is 14.1. The maximum Gasteiger partial charge on any atom is 0.236 e. The van der Waals surface area contributed by atoms with E-state index in [0.29, 0.717) is 13.1 Å². The van der Waals surface area contributed by atoms with Crippen LogP contribution in [0.4, 0.5) is 0 Å². The molecule has 1 N–H and O–H groups in total. The van der Waals surface area contributed by atoms with Crippen LogP contribution in [0.1, 0.15) is 47.5 Å². The molecule has 0 bridgehead atoms. The van der Waals surface area contributed by atoms with E-state index in [-0.39, 0.29) is 11.9 Å². The molecule has 1 atom stereocenters. The van der Waals surface area contributed by atoms with Crippen LogP contribution in [0.3, 0.4) is 0 Å². The molecule has 0 saturated carbocycles. The molecular weight excluding hydrogens is 228 g/mol. The van der Waals surface area contributed by atoms with Crippen LogP contribution in [0.25, 0.3) is 0 Å². The second kappa shape index (κ2) is 9.34. The summed E-state index contributed by atoms with van der Waals surface area (Å²) in [6, 6.07) is 0.272. The Morgan fingerprint density at radius 1 is 1.11 bits per heavy atom. The van der Waals surface area contributed by atoms with E-state index in [0.717, 1.165) is 25.9 Å². The summed E-state index contributed by atoms with van der Waals surface area (Å²) in [7, 11) is 0. The van der Waals surface area contributed by atoms with E-state index in [1.807, 2.05) is 9.80 Å². The topological polar surface area (TPSA) is 43.8 Å². The first-order valence-corrected chi connectivity index (χ1v) is 7.12. The molecule has 0 aliphatic rings. The van der Waals surface area contributed by atoms with Crippen molar-refractivity contribution in [2.45, 2.75) is 59.6 Å². The predicted octanol–water partition coefficient (Wildman–Crippen LogP) is 1.73. The predicted molar refractivity (Wildman–Crippen MR) is 75.6 cm³/mol. The fourth-order valence-electron chi connectivity index (χ4n) is 1.97. The highest BCUT2D eigenvalue weighted by atomic mass is 16.3. The molecule has 1 unspecified atom stereocenters. The molecule has 4 heteroatoms. The van der Waals surface area contributed by atoms with Gasteiger partial charge >= 0.3 is 0 Å². The lowest BCUT2D eigenvalue weighted by atomic mass is 10.2. The number of hydrogen-bond acceptors (Lipinski definition) is 3. The highest BCUT2D eigenvalue weighted by molar-refractivity contribution is 5.78. The minimum Gasteiger partial charge on any atom is -0.392 e. The lowest BCUT2D eigenvalue weighted by molar-refractivity contribution is -0.133. The average Bonchev–Trinajstić information content (AvgIpc) is 2.27. The lowest BCUT2D eigenvalue weighted by Crippen LogP contribution is -2.45. The summed E-state index contributed by atoms with van der Waals surface area (Å²) < 4.78 is 0. The van der Waals surface area contributed by atoms with Crippen molar-refractivity contribution in [1.29, 1.82) is 0 Å². The molecule has 108 valence electrons. The molecule has 0 saturated heterocycles. The molecule has 0 fully saturated rings. The number of rotatable bonds is 9. The molecule has 18 heavy (non-hydrogen) atoms. The van der Waals surface area contributed by atoms with Crippen molar-refractivity contribution in [3.8, 4) is 0 Å². The van der Waals surface area contributed by atoms with E-state index in [9.17, 15) is 9.90 Å². The van der Waals surface area contributed by atoms with Crippen LogP contribution in [0, 0.1) is 0 Å². The fraction of sp³-hybridized carbons (Fsp3) is 0.929. The van der Waals surface area contributed by atoms with Gasteiger partial charge in [-0.3, -0.25) is 9.69 Å². The van der Waals surface area contributed by atoms with Crippen LogP contribution in [-0.4, -0.2) is 59.1 Å². The van der Waals surface area contributed by atoms with E-state index in [1.165, 1.54) is 0 Å². The fourth-order valence-corrected chi connectivity index (χ4v) is 1.97. The number of nitrogens with zero attached hydrogens (tertiary/aromatic N) is 2. The van der Waals surface area contributed by atoms with E-state index >= 15 is 0 Å². The van der Waals surface area contributed by atoms with Crippen molar-refractivity contribution in [1.82, 2.24) is 9.80 Å². The minimum absolute atomic E-state index is 0.174. The summed E-state index contributed by atoms with van der Waals surface area (Å²) in [6.07, 6.45) is 1.58. The van der Waals surface area contributed by atoms with Gasteiger partial charge in [-0.05, 0) is 33.6 Å². The Balaban J connectivity index is 4.44. The molecular formula is C14H30N2O2. The summed E-state index contributed by atoms with van der Waals surface area (Å²) in [5, 5.41) is 9.46. The summed E-state index contributed by atoms with van der Waals surface area (Å²) >= 11 is 0. The van der Waals surface area contributed by atoms with E-state index in [2.05, 4.69) is 27.7 Å². The van der Waals surface area contributed by atoms with Gasteiger partial charge in [0.25, 0.3) is 0 Å². The molecule has 0 aliphatic carbocycles. The Hall–Kier alpha value is -0.610. The number of hydrogen-bond donors (Lipinski definition) is 1. The molecule has 0 radical (unpaired) electrons. The average molecular weight is 258 g/mol. The number of aliphatic hydroxyl groups excluding tert-OH is 1. The maximum atomic E-state index is 12.2. The van der Waals surface area contributed by atoms with Gasteiger partial charge < -0.3 is 10.0 Å². The number of carbonyl (C=O) groups excluding carboxylic acids is 1. The van der Waals surface area contributed by atoms with Gasteiger partial charge in [0.2, 0.25) is 5.91 Å². The zero-order valence-electron chi connectivity index (χ0n) is 12.6. The second-order valence-corrected chi connectivity index (χ2v) is 5.25. The SMILES string of the molecule is CCCN(CCC)C(=O)CN(CC(C)O)C(C)C. The van der Waals surface area contributed by atoms with Crippen molar-refractivity contribution >= 4 is 5.91 Å². The van der Waals surface area contributed by atoms with E-state index in [4.69, 9.17) is 0 Å². The molecule has 0 rings (SSSR count). The van der Waals surface area contributed by atoms with Gasteiger partial charge in [-0.25, -0.2) is 0 Å². The smallest absolute Gasteiger partial charge is 0.236 e. The second-order valence-electron chi connectivity index (χ2n) is 5.25. The molecule has 0 aromatic heterocycles. The van der Waals surface area contributed by atoms with Gasteiger partial charge in [-0.1, -0.05) is 13.8 Å². The van der Waals surface area contributed by atoms with Crippen LogP contribution in [-0.2, 0) is 4.79 Å². The highest BCUT2D eigenvalue weighted by Gasteiger charge is 2.19. The third-order valence-corrected chi connectivity index (χ3v) is 2.91. The zero-order valence-corrected chi connectivity index (χ0v) is 12.6. The first-order chi connectivity index (χ1) is 8.42. The molecule has 1 amide bonds. The molecule has 4 nitrogen and oxygen atoms in total. The van der Waals surface area contributed by atoms with Gasteiger partial charge in [0.15, 0.2) is 0 Å². The Kier molecular flexibility index (Phi) is 9.02. The van der Waals surface area contributed by atoms with Crippen molar-refractivity contribution < 1.29 is 9.90 Å². The number of aliphatic hydroxyl groups is 1. The lowest BCUT2D eigenvalue weighted by Gasteiger charge is -2.30. The molecule has 0 aromatic carbocycles. The Labute approximate surface area is 112 Å². The Bertz CT molecular complexity index is 224. The first kappa shape index (κ1) is 17.4. The van der Waals surface area contributed by atoms with Crippen molar-refractivity contribution in [3.63, 3.8) is 0 Å². The summed E-state index contributed by atoms with van der Waals surface area (Å²) in [6.45, 7) is 12.7. The third kappa shape index (κ3) is 6.97. The largest absolute Gasteiger partial charge is 0.392 e.